The number of nitrogens with zero attached hydrogens (tertiary/aromatic N) is 3. The summed E-state index contributed by atoms with van der Waals surface area (Å²) in [5.74, 6) is 1.11. The first-order valence-electron chi connectivity index (χ1n) is 8.58. The molecule has 1 atom stereocenters. The standard InChI is InChI=1S/C18H19ClN4O3/c19-14-7-12(16-10-23(18(24)25)5-6-26-16)3-4-15(14)22-17-20-8-13(9-21-17)11-1-2-11/h3-4,7-9,11,16H,1-2,5-6,10H2,(H,24,25)(H,20,21,22)/t16-/m1/s1. The Kier molecular flexibility index (Phi) is 4.65. The Balaban J connectivity index is 1.46. The SMILES string of the molecule is O=C(O)N1CCO[C@@H](c2ccc(Nc3ncc(C4CC4)cn3)c(Cl)c2)C1. The first kappa shape index (κ1) is 17.1. The predicted octanol–water partition coefficient (Wildman–Crippen LogP) is 3.80. The molecule has 0 bridgehead atoms. The molecule has 26 heavy (non-hydrogen) atoms. The number of amides is 1. The van der Waals surface area contributed by atoms with Gasteiger partial charge in [0.25, 0.3) is 0 Å². The van der Waals surface area contributed by atoms with Crippen LogP contribution in [0.25, 0.3) is 0 Å². The van der Waals surface area contributed by atoms with E-state index in [1.54, 1.807) is 6.07 Å². The quantitative estimate of drug-likeness (QED) is 0.846. The Bertz CT molecular complexity index is 811. The van der Waals surface area contributed by atoms with Crippen LogP contribution < -0.4 is 5.32 Å². The van der Waals surface area contributed by atoms with Crippen molar-refractivity contribution in [3.8, 4) is 0 Å². The molecule has 136 valence electrons. The third-order valence-corrected chi connectivity index (χ3v) is 4.98. The molecular weight excluding hydrogens is 356 g/mol. The highest BCUT2D eigenvalue weighted by Crippen LogP contribution is 2.39. The lowest BCUT2D eigenvalue weighted by Crippen LogP contribution is -2.41. The van der Waals surface area contributed by atoms with Crippen LogP contribution in [0.2, 0.25) is 5.02 Å². The zero-order valence-corrected chi connectivity index (χ0v) is 14.8. The first-order valence-corrected chi connectivity index (χ1v) is 8.96. The molecule has 7 nitrogen and oxygen atoms in total. The van der Waals surface area contributed by atoms with Crippen molar-refractivity contribution in [3.05, 3.63) is 46.7 Å². The Morgan fingerprint density at radius 2 is 2.04 bits per heavy atom. The van der Waals surface area contributed by atoms with Gasteiger partial charge in [-0.1, -0.05) is 17.7 Å². The van der Waals surface area contributed by atoms with Crippen LogP contribution in [0.5, 0.6) is 0 Å². The zero-order chi connectivity index (χ0) is 18.1. The molecule has 1 aromatic carbocycles. The highest BCUT2D eigenvalue weighted by atomic mass is 35.5. The molecule has 2 aliphatic rings. The van der Waals surface area contributed by atoms with Gasteiger partial charge < -0.3 is 20.1 Å². The maximum atomic E-state index is 11.1. The Morgan fingerprint density at radius 3 is 2.69 bits per heavy atom. The van der Waals surface area contributed by atoms with Crippen LogP contribution in [0.3, 0.4) is 0 Å². The smallest absolute Gasteiger partial charge is 0.407 e. The molecule has 1 aromatic heterocycles. The number of nitrogens with one attached hydrogen (secondary N) is 1. The van der Waals surface area contributed by atoms with Gasteiger partial charge in [-0.15, -0.1) is 0 Å². The summed E-state index contributed by atoms with van der Waals surface area (Å²) in [4.78, 5) is 21.2. The average molecular weight is 375 g/mol. The Labute approximate surface area is 156 Å². The number of benzene rings is 1. The first-order chi connectivity index (χ1) is 12.6. The number of rotatable bonds is 4. The van der Waals surface area contributed by atoms with Gasteiger partial charge in [0.05, 0.1) is 23.9 Å². The largest absolute Gasteiger partial charge is 0.465 e. The number of hydrogen-bond donors (Lipinski definition) is 2. The van der Waals surface area contributed by atoms with E-state index in [0.29, 0.717) is 42.3 Å². The molecule has 2 fully saturated rings. The van der Waals surface area contributed by atoms with E-state index in [2.05, 4.69) is 15.3 Å². The molecule has 1 saturated carbocycles. The van der Waals surface area contributed by atoms with Gasteiger partial charge >= 0.3 is 6.09 Å². The third kappa shape index (κ3) is 3.73. The van der Waals surface area contributed by atoms with E-state index in [1.165, 1.54) is 23.3 Å². The lowest BCUT2D eigenvalue weighted by atomic mass is 10.1. The van der Waals surface area contributed by atoms with Crippen LogP contribution in [0, 0.1) is 0 Å². The zero-order valence-electron chi connectivity index (χ0n) is 14.1. The van der Waals surface area contributed by atoms with Gasteiger partial charge in [-0.05, 0) is 42.0 Å². The van der Waals surface area contributed by atoms with Crippen molar-refractivity contribution in [2.75, 3.05) is 25.0 Å². The second-order valence-electron chi connectivity index (χ2n) is 6.57. The summed E-state index contributed by atoms with van der Waals surface area (Å²) in [6.45, 7) is 1.05. The van der Waals surface area contributed by atoms with Gasteiger partial charge in [0.15, 0.2) is 0 Å². The van der Waals surface area contributed by atoms with E-state index >= 15 is 0 Å². The van der Waals surface area contributed by atoms with E-state index in [4.69, 9.17) is 21.4 Å². The van der Waals surface area contributed by atoms with Crippen molar-refractivity contribution in [1.29, 1.82) is 0 Å². The molecule has 4 rings (SSSR count). The normalized spacial score (nSPS) is 20.0. The number of anilines is 2. The van der Waals surface area contributed by atoms with E-state index in [0.717, 1.165) is 5.56 Å². The molecule has 2 N–H and O–H groups in total. The lowest BCUT2D eigenvalue weighted by Gasteiger charge is -2.31. The van der Waals surface area contributed by atoms with Gasteiger partial charge in [-0.3, -0.25) is 0 Å². The van der Waals surface area contributed by atoms with Crippen molar-refractivity contribution in [1.82, 2.24) is 14.9 Å². The summed E-state index contributed by atoms with van der Waals surface area (Å²) in [6, 6.07) is 5.50. The summed E-state index contributed by atoms with van der Waals surface area (Å²) in [6.07, 6.45) is 4.88. The number of carboxylic acid groups (broad SMARTS) is 1. The van der Waals surface area contributed by atoms with Crippen LogP contribution in [0.4, 0.5) is 16.4 Å². The topological polar surface area (TPSA) is 87.6 Å². The maximum Gasteiger partial charge on any atom is 0.407 e. The van der Waals surface area contributed by atoms with Crippen molar-refractivity contribution in [2.24, 2.45) is 0 Å². The summed E-state index contributed by atoms with van der Waals surface area (Å²) in [7, 11) is 0. The predicted molar refractivity (Wildman–Crippen MR) is 97.0 cm³/mol. The average Bonchev–Trinajstić information content (AvgIpc) is 3.49. The van der Waals surface area contributed by atoms with Gasteiger partial charge in [-0.2, -0.15) is 0 Å². The molecule has 1 aliphatic heterocycles. The molecular formula is C18H19ClN4O3. The fraction of sp³-hybridized carbons (Fsp3) is 0.389. The van der Waals surface area contributed by atoms with E-state index in [1.807, 2.05) is 24.5 Å². The van der Waals surface area contributed by atoms with Crippen molar-refractivity contribution in [3.63, 3.8) is 0 Å². The van der Waals surface area contributed by atoms with Crippen LogP contribution >= 0.6 is 11.6 Å². The second kappa shape index (κ2) is 7.09. The fourth-order valence-corrected chi connectivity index (χ4v) is 3.24. The monoisotopic (exact) mass is 374 g/mol. The molecule has 1 aliphatic carbocycles. The Hall–Kier alpha value is -2.38. The van der Waals surface area contributed by atoms with Crippen LogP contribution in [-0.2, 0) is 4.74 Å². The summed E-state index contributed by atoms with van der Waals surface area (Å²) in [5.41, 5.74) is 2.71. The van der Waals surface area contributed by atoms with Gasteiger partial charge in [0, 0.05) is 18.9 Å². The summed E-state index contributed by atoms with van der Waals surface area (Å²) in [5, 5.41) is 12.8. The minimum absolute atomic E-state index is 0.296. The van der Waals surface area contributed by atoms with Crippen LogP contribution in [-0.4, -0.2) is 45.8 Å². The summed E-state index contributed by atoms with van der Waals surface area (Å²) >= 11 is 6.39. The molecule has 1 saturated heterocycles. The van der Waals surface area contributed by atoms with Crippen molar-refractivity contribution in [2.45, 2.75) is 24.9 Å². The third-order valence-electron chi connectivity index (χ3n) is 4.67. The molecule has 0 radical (unpaired) electrons. The van der Waals surface area contributed by atoms with Crippen LogP contribution in [0.15, 0.2) is 30.6 Å². The Morgan fingerprint density at radius 1 is 1.27 bits per heavy atom. The number of halogens is 1. The van der Waals surface area contributed by atoms with E-state index < -0.39 is 6.09 Å². The van der Waals surface area contributed by atoms with E-state index in [9.17, 15) is 4.79 Å². The molecule has 0 spiro atoms. The number of ether oxygens (including phenoxy) is 1. The molecule has 0 unspecified atom stereocenters. The molecule has 8 heteroatoms. The minimum atomic E-state index is -0.936. The number of carbonyl (C=O) groups is 1. The van der Waals surface area contributed by atoms with Crippen molar-refractivity contribution < 1.29 is 14.6 Å². The number of aromatic nitrogens is 2. The van der Waals surface area contributed by atoms with Gasteiger partial charge in [0.2, 0.25) is 5.95 Å². The molecule has 2 heterocycles. The fourth-order valence-electron chi connectivity index (χ4n) is 3.01. The summed E-state index contributed by atoms with van der Waals surface area (Å²) < 4.78 is 5.69. The molecule has 2 aromatic rings. The number of hydrogen-bond acceptors (Lipinski definition) is 5. The highest BCUT2D eigenvalue weighted by molar-refractivity contribution is 6.33. The number of morpholine rings is 1. The van der Waals surface area contributed by atoms with Crippen molar-refractivity contribution >= 4 is 29.3 Å². The lowest BCUT2D eigenvalue weighted by molar-refractivity contribution is -0.0231. The van der Waals surface area contributed by atoms with Gasteiger partial charge in [-0.25, -0.2) is 14.8 Å². The second-order valence-corrected chi connectivity index (χ2v) is 6.97. The maximum absolute atomic E-state index is 11.1. The highest BCUT2D eigenvalue weighted by Gasteiger charge is 2.26. The van der Waals surface area contributed by atoms with Crippen LogP contribution in [0.1, 0.15) is 36.0 Å². The molecule has 1 amide bonds. The van der Waals surface area contributed by atoms with E-state index in [-0.39, 0.29) is 6.10 Å². The minimum Gasteiger partial charge on any atom is -0.465 e. The van der Waals surface area contributed by atoms with Gasteiger partial charge in [0.1, 0.15) is 6.10 Å².